The smallest absolute Gasteiger partial charge is 0.410 e. The Kier molecular flexibility index (Phi) is 6.16. The highest BCUT2D eigenvalue weighted by atomic mass is 79.9. The van der Waals surface area contributed by atoms with Crippen molar-refractivity contribution < 1.29 is 9.53 Å². The second-order valence-electron chi connectivity index (χ2n) is 9.12. The minimum absolute atomic E-state index is 0.0186. The maximum atomic E-state index is 12.5. The minimum atomic E-state index is -0.494. The fraction of sp³-hybridized carbons (Fsp3) is 0.417. The zero-order chi connectivity index (χ0) is 22.3. The predicted octanol–water partition coefficient (Wildman–Crippen LogP) is 5.89. The lowest BCUT2D eigenvalue weighted by atomic mass is 9.95. The Morgan fingerprint density at radius 2 is 1.90 bits per heavy atom. The number of piperazine rings is 1. The van der Waals surface area contributed by atoms with Crippen molar-refractivity contribution >= 4 is 44.2 Å². The Hall–Kier alpha value is -1.89. The van der Waals surface area contributed by atoms with E-state index in [4.69, 9.17) is 21.3 Å². The number of carbonyl (C=O) groups excluding carboxylic acids is 1. The van der Waals surface area contributed by atoms with E-state index in [2.05, 4.69) is 46.0 Å². The van der Waals surface area contributed by atoms with E-state index in [1.54, 1.807) is 4.90 Å². The van der Waals surface area contributed by atoms with Crippen molar-refractivity contribution in [1.29, 1.82) is 0 Å². The number of amides is 1. The molecule has 2 heterocycles. The summed E-state index contributed by atoms with van der Waals surface area (Å²) in [5, 5.41) is 0.707. The SMILES string of the molecule is Cc1cnc2c(c1)C(Br)=Cc1cc(Cl)ccc1[C@@H]2N1CCN(C(=O)OC(C)(C)C)CC1. The van der Waals surface area contributed by atoms with Crippen molar-refractivity contribution in [3.63, 3.8) is 0 Å². The number of aryl methyl sites for hydroxylation is 1. The number of rotatable bonds is 1. The molecule has 0 saturated carbocycles. The molecule has 2 aromatic rings. The van der Waals surface area contributed by atoms with Crippen LogP contribution in [0.3, 0.4) is 0 Å². The van der Waals surface area contributed by atoms with Gasteiger partial charge in [-0.25, -0.2) is 4.79 Å². The van der Waals surface area contributed by atoms with Crippen molar-refractivity contribution in [2.24, 2.45) is 0 Å². The number of hydrogen-bond donors (Lipinski definition) is 0. The number of nitrogens with zero attached hydrogens (tertiary/aromatic N) is 3. The van der Waals surface area contributed by atoms with Crippen LogP contribution in [-0.4, -0.2) is 52.7 Å². The Morgan fingerprint density at radius 1 is 1.19 bits per heavy atom. The third-order valence-corrected chi connectivity index (χ3v) is 6.42. The Morgan fingerprint density at radius 3 is 2.58 bits per heavy atom. The standard InChI is InChI=1S/C24H27BrClN3O2/c1-15-11-19-20(25)13-16-12-17(26)5-6-18(16)22(21(19)27-14-15)28-7-9-29(10-8-28)23(30)31-24(2,3)4/h5-6,11-14,22H,7-10H2,1-4H3/t22-/m0/s1. The normalized spacial score (nSPS) is 19.2. The van der Waals surface area contributed by atoms with Crippen LogP contribution in [-0.2, 0) is 4.74 Å². The molecule has 1 amide bonds. The van der Waals surface area contributed by atoms with E-state index in [1.165, 1.54) is 5.56 Å². The lowest BCUT2D eigenvalue weighted by molar-refractivity contribution is 0.0118. The first kappa shape index (κ1) is 22.3. The third kappa shape index (κ3) is 4.81. The van der Waals surface area contributed by atoms with Gasteiger partial charge in [-0.1, -0.05) is 33.6 Å². The first-order valence-electron chi connectivity index (χ1n) is 10.5. The predicted molar refractivity (Wildman–Crippen MR) is 128 cm³/mol. The van der Waals surface area contributed by atoms with Gasteiger partial charge in [0.1, 0.15) is 5.60 Å². The van der Waals surface area contributed by atoms with Crippen LogP contribution >= 0.6 is 27.5 Å². The molecule has 1 atom stereocenters. The lowest BCUT2D eigenvalue weighted by Crippen LogP contribution is -2.51. The van der Waals surface area contributed by atoms with E-state index >= 15 is 0 Å². The average Bonchev–Trinajstić information content (AvgIpc) is 2.80. The highest BCUT2D eigenvalue weighted by Gasteiger charge is 2.34. The van der Waals surface area contributed by atoms with Gasteiger partial charge in [0, 0.05) is 47.4 Å². The maximum absolute atomic E-state index is 12.5. The van der Waals surface area contributed by atoms with E-state index in [0.717, 1.165) is 40.0 Å². The number of aromatic nitrogens is 1. The Balaban J connectivity index is 1.67. The molecule has 164 valence electrons. The Bertz CT molecular complexity index is 1040. The zero-order valence-electron chi connectivity index (χ0n) is 18.3. The van der Waals surface area contributed by atoms with Crippen molar-refractivity contribution in [3.8, 4) is 0 Å². The molecule has 0 bridgehead atoms. The summed E-state index contributed by atoms with van der Waals surface area (Å²) in [6, 6.07) is 8.18. The molecule has 5 nitrogen and oxygen atoms in total. The van der Waals surface area contributed by atoms with Gasteiger partial charge < -0.3 is 9.64 Å². The van der Waals surface area contributed by atoms with Crippen LogP contribution in [0.2, 0.25) is 5.02 Å². The van der Waals surface area contributed by atoms with Gasteiger partial charge in [-0.15, -0.1) is 0 Å². The summed E-state index contributed by atoms with van der Waals surface area (Å²) in [7, 11) is 0. The summed E-state index contributed by atoms with van der Waals surface area (Å²) >= 11 is 10.1. The fourth-order valence-electron chi connectivity index (χ4n) is 4.13. The summed E-state index contributed by atoms with van der Waals surface area (Å²) < 4.78 is 6.56. The summed E-state index contributed by atoms with van der Waals surface area (Å²) in [5.41, 5.74) is 4.97. The molecular weight excluding hydrogens is 478 g/mol. The first-order chi connectivity index (χ1) is 14.6. The lowest BCUT2D eigenvalue weighted by Gasteiger charge is -2.40. The quantitative estimate of drug-likeness (QED) is 0.486. The van der Waals surface area contributed by atoms with E-state index in [9.17, 15) is 4.79 Å². The van der Waals surface area contributed by atoms with Gasteiger partial charge in [0.15, 0.2) is 0 Å². The van der Waals surface area contributed by atoms with E-state index in [0.29, 0.717) is 18.1 Å². The minimum Gasteiger partial charge on any atom is -0.444 e. The van der Waals surface area contributed by atoms with Crippen LogP contribution in [0.15, 0.2) is 30.5 Å². The van der Waals surface area contributed by atoms with Crippen molar-refractivity contribution in [2.75, 3.05) is 26.2 Å². The molecule has 0 radical (unpaired) electrons. The van der Waals surface area contributed by atoms with Crippen LogP contribution in [0, 0.1) is 6.92 Å². The van der Waals surface area contributed by atoms with Crippen molar-refractivity contribution in [3.05, 3.63) is 63.4 Å². The van der Waals surface area contributed by atoms with Crippen LogP contribution in [0.25, 0.3) is 10.6 Å². The summed E-state index contributed by atoms with van der Waals surface area (Å²) in [6.07, 6.45) is 3.79. The van der Waals surface area contributed by atoms with Gasteiger partial charge in [-0.05, 0) is 68.7 Å². The largest absolute Gasteiger partial charge is 0.444 e. The van der Waals surface area contributed by atoms with Crippen LogP contribution in [0.4, 0.5) is 4.79 Å². The van der Waals surface area contributed by atoms with Crippen molar-refractivity contribution in [1.82, 2.24) is 14.8 Å². The average molecular weight is 505 g/mol. The monoisotopic (exact) mass is 503 g/mol. The van der Waals surface area contributed by atoms with E-state index in [1.807, 2.05) is 39.1 Å². The van der Waals surface area contributed by atoms with E-state index < -0.39 is 5.60 Å². The topological polar surface area (TPSA) is 45.7 Å². The number of fused-ring (bicyclic) bond motifs is 2. The number of carbonyl (C=O) groups is 1. The number of halogens is 2. The highest BCUT2D eigenvalue weighted by molar-refractivity contribution is 9.15. The van der Waals surface area contributed by atoms with Crippen molar-refractivity contribution in [2.45, 2.75) is 39.3 Å². The molecule has 0 N–H and O–H groups in total. The zero-order valence-corrected chi connectivity index (χ0v) is 20.6. The fourth-order valence-corrected chi connectivity index (χ4v) is 4.87. The molecule has 1 saturated heterocycles. The molecule has 2 aliphatic rings. The second-order valence-corrected chi connectivity index (χ2v) is 10.4. The van der Waals surface area contributed by atoms with Gasteiger partial charge in [-0.3, -0.25) is 9.88 Å². The number of pyridine rings is 1. The van der Waals surface area contributed by atoms with Gasteiger partial charge in [-0.2, -0.15) is 0 Å². The molecule has 1 fully saturated rings. The van der Waals surface area contributed by atoms with Crippen LogP contribution < -0.4 is 0 Å². The van der Waals surface area contributed by atoms with Crippen LogP contribution in [0.5, 0.6) is 0 Å². The molecule has 1 aliphatic carbocycles. The third-order valence-electron chi connectivity index (χ3n) is 5.53. The van der Waals surface area contributed by atoms with Gasteiger partial charge >= 0.3 is 6.09 Å². The van der Waals surface area contributed by atoms with Crippen LogP contribution in [0.1, 0.15) is 54.8 Å². The molecule has 4 rings (SSSR count). The first-order valence-corrected chi connectivity index (χ1v) is 11.6. The Labute approximate surface area is 197 Å². The number of ether oxygens (including phenoxy) is 1. The molecule has 1 aromatic carbocycles. The molecule has 0 spiro atoms. The second kappa shape index (κ2) is 8.57. The number of hydrogen-bond acceptors (Lipinski definition) is 4. The van der Waals surface area contributed by atoms with E-state index in [-0.39, 0.29) is 12.1 Å². The molecular formula is C24H27BrClN3O2. The number of benzene rings is 1. The molecule has 1 aromatic heterocycles. The molecule has 31 heavy (non-hydrogen) atoms. The van der Waals surface area contributed by atoms with Gasteiger partial charge in [0.25, 0.3) is 0 Å². The molecule has 1 aliphatic heterocycles. The molecule has 0 unspecified atom stereocenters. The summed E-state index contributed by atoms with van der Waals surface area (Å²) in [6.45, 7) is 10.4. The van der Waals surface area contributed by atoms with Gasteiger partial charge in [0.2, 0.25) is 0 Å². The van der Waals surface area contributed by atoms with Gasteiger partial charge in [0.05, 0.1) is 11.7 Å². The highest BCUT2D eigenvalue weighted by Crippen LogP contribution is 2.42. The summed E-state index contributed by atoms with van der Waals surface area (Å²) in [5.74, 6) is 0. The molecule has 7 heteroatoms. The maximum Gasteiger partial charge on any atom is 0.410 e. The summed E-state index contributed by atoms with van der Waals surface area (Å²) in [4.78, 5) is 21.6.